The molecule has 1 aromatic heterocycles. The molecular formula is C21H26FN5O4. The minimum Gasteiger partial charge on any atom is -0.444 e. The number of nitrogens with one attached hydrogen (secondary N) is 3. The molecule has 0 spiro atoms. The quantitative estimate of drug-likeness (QED) is 0.688. The monoisotopic (exact) mass is 431 g/mol. The Labute approximate surface area is 179 Å². The summed E-state index contributed by atoms with van der Waals surface area (Å²) in [6, 6.07) is 4.93. The van der Waals surface area contributed by atoms with E-state index in [-0.39, 0.29) is 29.1 Å². The van der Waals surface area contributed by atoms with Gasteiger partial charge in [-0.2, -0.15) is 5.10 Å². The molecule has 3 amide bonds. The summed E-state index contributed by atoms with van der Waals surface area (Å²) >= 11 is 0. The van der Waals surface area contributed by atoms with Gasteiger partial charge in [-0.1, -0.05) is 0 Å². The highest BCUT2D eigenvalue weighted by molar-refractivity contribution is 6.08. The molecule has 1 saturated heterocycles. The zero-order valence-corrected chi connectivity index (χ0v) is 17.7. The SMILES string of the molecule is CC(C)(C)OC(=O)N1CCC(NC(=O)c2n[nH]cc2NC(=O)c2ccc(F)cc2)CC1. The number of H-pyrrole nitrogens is 1. The van der Waals surface area contributed by atoms with Crippen LogP contribution in [0.5, 0.6) is 0 Å². The molecule has 0 atom stereocenters. The molecule has 1 aliphatic heterocycles. The van der Waals surface area contributed by atoms with Gasteiger partial charge < -0.3 is 20.3 Å². The lowest BCUT2D eigenvalue weighted by molar-refractivity contribution is 0.0199. The number of aromatic nitrogens is 2. The van der Waals surface area contributed by atoms with Crippen molar-refractivity contribution in [3.63, 3.8) is 0 Å². The number of aromatic amines is 1. The van der Waals surface area contributed by atoms with Gasteiger partial charge in [0.05, 0.1) is 5.69 Å². The van der Waals surface area contributed by atoms with Crippen molar-refractivity contribution in [2.24, 2.45) is 0 Å². The zero-order chi connectivity index (χ0) is 22.6. The van der Waals surface area contributed by atoms with E-state index in [4.69, 9.17) is 4.74 Å². The highest BCUT2D eigenvalue weighted by Gasteiger charge is 2.28. The predicted molar refractivity (Wildman–Crippen MR) is 111 cm³/mol. The van der Waals surface area contributed by atoms with E-state index in [0.29, 0.717) is 25.9 Å². The highest BCUT2D eigenvalue weighted by atomic mass is 19.1. The molecule has 1 fully saturated rings. The molecule has 2 aromatic rings. The number of carbonyl (C=O) groups excluding carboxylic acids is 3. The Kier molecular flexibility index (Phi) is 6.57. The Hall–Kier alpha value is -3.43. The second-order valence-corrected chi connectivity index (χ2v) is 8.32. The number of anilines is 1. The Morgan fingerprint density at radius 1 is 1.13 bits per heavy atom. The number of nitrogens with zero attached hydrogens (tertiary/aromatic N) is 2. The van der Waals surface area contributed by atoms with E-state index in [1.165, 1.54) is 30.5 Å². The van der Waals surface area contributed by atoms with Crippen molar-refractivity contribution in [3.05, 3.63) is 47.5 Å². The molecular weight excluding hydrogens is 405 g/mol. The van der Waals surface area contributed by atoms with Crippen LogP contribution in [-0.4, -0.2) is 57.7 Å². The van der Waals surface area contributed by atoms with Crippen LogP contribution in [0.3, 0.4) is 0 Å². The van der Waals surface area contributed by atoms with Crippen molar-refractivity contribution < 1.29 is 23.5 Å². The predicted octanol–water partition coefficient (Wildman–Crippen LogP) is 2.93. The normalized spacial score (nSPS) is 14.8. The van der Waals surface area contributed by atoms with Crippen LogP contribution in [0.25, 0.3) is 0 Å². The van der Waals surface area contributed by atoms with Crippen LogP contribution in [0.15, 0.2) is 30.5 Å². The molecule has 2 heterocycles. The highest BCUT2D eigenvalue weighted by Crippen LogP contribution is 2.18. The first-order valence-corrected chi connectivity index (χ1v) is 10.0. The van der Waals surface area contributed by atoms with Crippen molar-refractivity contribution in [1.29, 1.82) is 0 Å². The molecule has 1 aliphatic rings. The number of ether oxygens (including phenoxy) is 1. The minimum atomic E-state index is -0.559. The van der Waals surface area contributed by atoms with Crippen molar-refractivity contribution in [2.75, 3.05) is 18.4 Å². The maximum atomic E-state index is 13.0. The summed E-state index contributed by atoms with van der Waals surface area (Å²) < 4.78 is 18.4. The Bertz CT molecular complexity index is 943. The molecule has 3 N–H and O–H groups in total. The average Bonchev–Trinajstić information content (AvgIpc) is 3.16. The van der Waals surface area contributed by atoms with Gasteiger partial charge in [-0.3, -0.25) is 14.7 Å². The van der Waals surface area contributed by atoms with E-state index in [9.17, 15) is 18.8 Å². The van der Waals surface area contributed by atoms with E-state index in [2.05, 4.69) is 20.8 Å². The van der Waals surface area contributed by atoms with Gasteiger partial charge in [0, 0.05) is 30.9 Å². The van der Waals surface area contributed by atoms with Gasteiger partial charge >= 0.3 is 6.09 Å². The van der Waals surface area contributed by atoms with Gasteiger partial charge in [0.1, 0.15) is 11.4 Å². The summed E-state index contributed by atoms with van der Waals surface area (Å²) in [6.07, 6.45) is 2.19. The van der Waals surface area contributed by atoms with E-state index in [1.54, 1.807) is 4.90 Å². The standard InChI is InChI=1S/C21H26FN5O4/c1-21(2,3)31-20(30)27-10-8-15(9-11-27)24-19(29)17-16(12-23-26-17)25-18(28)13-4-6-14(22)7-5-13/h4-7,12,15H,8-11H2,1-3H3,(H,23,26)(H,24,29)(H,25,28). The van der Waals surface area contributed by atoms with E-state index >= 15 is 0 Å². The third kappa shape index (κ3) is 6.03. The van der Waals surface area contributed by atoms with E-state index in [1.807, 2.05) is 20.8 Å². The average molecular weight is 431 g/mol. The molecule has 9 nitrogen and oxygen atoms in total. The van der Waals surface area contributed by atoms with Gasteiger partial charge in [-0.15, -0.1) is 0 Å². The topological polar surface area (TPSA) is 116 Å². The summed E-state index contributed by atoms with van der Waals surface area (Å²) in [5, 5.41) is 12.0. The van der Waals surface area contributed by atoms with E-state index in [0.717, 1.165) is 0 Å². The molecule has 0 unspecified atom stereocenters. The Morgan fingerprint density at radius 2 is 1.77 bits per heavy atom. The molecule has 31 heavy (non-hydrogen) atoms. The molecule has 0 saturated carbocycles. The number of benzene rings is 1. The second-order valence-electron chi connectivity index (χ2n) is 8.32. The fourth-order valence-corrected chi connectivity index (χ4v) is 3.14. The fraction of sp³-hybridized carbons (Fsp3) is 0.429. The smallest absolute Gasteiger partial charge is 0.410 e. The summed E-state index contributed by atoms with van der Waals surface area (Å²) in [6.45, 7) is 6.37. The molecule has 0 aliphatic carbocycles. The molecule has 10 heteroatoms. The summed E-state index contributed by atoms with van der Waals surface area (Å²) in [5.41, 5.74) is -0.0388. The second kappa shape index (κ2) is 9.15. The third-order valence-corrected chi connectivity index (χ3v) is 4.69. The molecule has 166 valence electrons. The van der Waals surface area contributed by atoms with Crippen molar-refractivity contribution in [3.8, 4) is 0 Å². The maximum absolute atomic E-state index is 13.0. The summed E-state index contributed by atoms with van der Waals surface area (Å²) in [7, 11) is 0. The summed E-state index contributed by atoms with van der Waals surface area (Å²) in [4.78, 5) is 38.8. The number of piperidine rings is 1. The first kappa shape index (κ1) is 22.3. The summed E-state index contributed by atoms with van der Waals surface area (Å²) in [5.74, 6) is -1.37. The van der Waals surface area contributed by atoms with Gasteiger partial charge in [0.2, 0.25) is 0 Å². The number of likely N-dealkylation sites (tertiary alicyclic amines) is 1. The third-order valence-electron chi connectivity index (χ3n) is 4.69. The Balaban J connectivity index is 1.54. The van der Waals surface area contributed by atoms with Crippen LogP contribution in [0, 0.1) is 5.82 Å². The number of carbonyl (C=O) groups is 3. The van der Waals surface area contributed by atoms with Crippen LogP contribution >= 0.6 is 0 Å². The number of hydrogen-bond donors (Lipinski definition) is 3. The number of hydrogen-bond acceptors (Lipinski definition) is 5. The number of rotatable bonds is 4. The zero-order valence-electron chi connectivity index (χ0n) is 17.7. The number of halogens is 1. The lowest BCUT2D eigenvalue weighted by Crippen LogP contribution is -2.47. The van der Waals surface area contributed by atoms with Gasteiger partial charge in [0.15, 0.2) is 5.69 Å². The van der Waals surface area contributed by atoms with Crippen molar-refractivity contribution in [1.82, 2.24) is 20.4 Å². The molecule has 0 radical (unpaired) electrons. The Morgan fingerprint density at radius 3 is 2.39 bits per heavy atom. The van der Waals surface area contributed by atoms with Crippen LogP contribution in [-0.2, 0) is 4.74 Å². The van der Waals surface area contributed by atoms with Gasteiger partial charge in [0.25, 0.3) is 11.8 Å². The lowest BCUT2D eigenvalue weighted by Gasteiger charge is -2.33. The first-order valence-electron chi connectivity index (χ1n) is 10.0. The number of amides is 3. The molecule has 1 aromatic carbocycles. The molecule has 0 bridgehead atoms. The van der Waals surface area contributed by atoms with Gasteiger partial charge in [-0.25, -0.2) is 9.18 Å². The molecule has 3 rings (SSSR count). The lowest BCUT2D eigenvalue weighted by atomic mass is 10.1. The van der Waals surface area contributed by atoms with Crippen molar-refractivity contribution >= 4 is 23.6 Å². The fourth-order valence-electron chi connectivity index (χ4n) is 3.14. The maximum Gasteiger partial charge on any atom is 0.410 e. The van der Waals surface area contributed by atoms with Crippen molar-refractivity contribution in [2.45, 2.75) is 45.3 Å². The van der Waals surface area contributed by atoms with Crippen LogP contribution in [0.2, 0.25) is 0 Å². The van der Waals surface area contributed by atoms with Crippen LogP contribution in [0.1, 0.15) is 54.5 Å². The minimum absolute atomic E-state index is 0.0463. The van der Waals surface area contributed by atoms with Crippen LogP contribution in [0.4, 0.5) is 14.9 Å². The largest absolute Gasteiger partial charge is 0.444 e. The van der Waals surface area contributed by atoms with Gasteiger partial charge in [-0.05, 0) is 57.9 Å². The van der Waals surface area contributed by atoms with E-state index < -0.39 is 23.2 Å². The van der Waals surface area contributed by atoms with Crippen LogP contribution < -0.4 is 10.6 Å². The first-order chi connectivity index (χ1) is 14.6.